The van der Waals surface area contributed by atoms with Gasteiger partial charge in [-0.05, 0) is 26.7 Å². The summed E-state index contributed by atoms with van der Waals surface area (Å²) in [5.41, 5.74) is 0. The van der Waals surface area contributed by atoms with Crippen LogP contribution in [0.3, 0.4) is 0 Å². The monoisotopic (exact) mass is 176 g/mol. The van der Waals surface area contributed by atoms with Crippen LogP contribution < -0.4 is 5.09 Å². The zero-order chi connectivity index (χ0) is 8.69. The number of rotatable bonds is 2. The lowest BCUT2D eigenvalue weighted by Gasteiger charge is -2.09. The number of hydrogen-bond acceptors (Lipinski definition) is 2. The highest BCUT2D eigenvalue weighted by atomic mass is 31.1. The minimum Gasteiger partial charge on any atom is -0.305 e. The van der Waals surface area contributed by atoms with E-state index in [9.17, 15) is 0 Å². The van der Waals surface area contributed by atoms with E-state index in [0.717, 1.165) is 14.8 Å². The first-order valence-corrected chi connectivity index (χ1v) is 5.93. The van der Waals surface area contributed by atoms with E-state index < -0.39 is 0 Å². The maximum atomic E-state index is 3.46. The molecular formula is C8H21N2P. The molecule has 0 amide bonds. The van der Waals surface area contributed by atoms with Gasteiger partial charge in [-0.2, -0.15) is 0 Å². The van der Waals surface area contributed by atoms with Crippen molar-refractivity contribution >= 4 is 8.73 Å². The molecule has 0 saturated carbocycles. The Morgan fingerprint density at radius 1 is 1.45 bits per heavy atom. The number of likely N-dealkylation sites (N-methyl/N-ethyl adjacent to an activating group) is 1. The van der Waals surface area contributed by atoms with E-state index in [1.54, 1.807) is 0 Å². The zero-order valence-corrected chi connectivity index (χ0v) is 9.15. The van der Waals surface area contributed by atoms with Crippen LogP contribution in [0, 0.1) is 0 Å². The summed E-state index contributed by atoms with van der Waals surface area (Å²) in [6, 6.07) is 0.776. The van der Waals surface area contributed by atoms with Crippen molar-refractivity contribution in [3.63, 3.8) is 0 Å². The molecule has 1 aliphatic rings. The van der Waals surface area contributed by atoms with Gasteiger partial charge in [0.25, 0.3) is 0 Å². The number of likely N-dealkylation sites (tertiary alicyclic amines) is 1. The molecule has 0 aromatic carbocycles. The Morgan fingerprint density at radius 3 is 2.45 bits per heavy atom. The first-order valence-electron chi connectivity index (χ1n) is 4.43. The first-order chi connectivity index (χ1) is 5.33. The molecule has 0 spiro atoms. The van der Waals surface area contributed by atoms with Gasteiger partial charge in [0.1, 0.15) is 0 Å². The Labute approximate surface area is 72.6 Å². The molecule has 2 atom stereocenters. The molecule has 0 aromatic rings. The van der Waals surface area contributed by atoms with Gasteiger partial charge in [0.2, 0.25) is 0 Å². The lowest BCUT2D eigenvalue weighted by atomic mass is 10.3. The quantitative estimate of drug-likeness (QED) is 0.642. The fourth-order valence-corrected chi connectivity index (χ4v) is 1.90. The highest BCUT2D eigenvalue weighted by Crippen LogP contribution is 2.09. The van der Waals surface area contributed by atoms with Gasteiger partial charge in [-0.3, -0.25) is 5.09 Å². The summed E-state index contributed by atoms with van der Waals surface area (Å²) in [6.45, 7) is 8.70. The molecule has 1 N–H and O–H groups in total. The Balaban J connectivity index is 0.000000461. The van der Waals surface area contributed by atoms with Crippen molar-refractivity contribution in [1.29, 1.82) is 0 Å². The van der Waals surface area contributed by atoms with Crippen molar-refractivity contribution in [2.24, 2.45) is 0 Å². The maximum absolute atomic E-state index is 3.46. The van der Waals surface area contributed by atoms with Crippen molar-refractivity contribution in [2.45, 2.75) is 26.3 Å². The molecular weight excluding hydrogens is 155 g/mol. The van der Waals surface area contributed by atoms with Crippen LogP contribution in [0.25, 0.3) is 0 Å². The first kappa shape index (κ1) is 11.4. The van der Waals surface area contributed by atoms with E-state index in [2.05, 4.69) is 23.7 Å². The summed E-state index contributed by atoms with van der Waals surface area (Å²) in [5.74, 6) is 0. The van der Waals surface area contributed by atoms with Gasteiger partial charge >= 0.3 is 0 Å². The minimum absolute atomic E-state index is 0.776. The molecule has 68 valence electrons. The normalized spacial score (nSPS) is 25.6. The second-order valence-corrected chi connectivity index (χ2v) is 3.43. The lowest BCUT2D eigenvalue weighted by Crippen LogP contribution is -2.25. The molecule has 1 heterocycles. The van der Waals surface area contributed by atoms with E-state index in [0.29, 0.717) is 0 Å². The average molecular weight is 176 g/mol. The molecule has 11 heavy (non-hydrogen) atoms. The van der Waals surface area contributed by atoms with Crippen molar-refractivity contribution in [2.75, 3.05) is 26.8 Å². The standard InChI is InChI=1S/C6H15N2P.C2H6/c1-8-4-3-6(5-8)7-9-2;1-2/h6-7,9H,3-5H2,1-2H3;1-2H3. The highest BCUT2D eigenvalue weighted by Gasteiger charge is 2.17. The molecule has 1 rings (SSSR count). The molecule has 0 aliphatic carbocycles. The van der Waals surface area contributed by atoms with E-state index in [1.807, 2.05) is 13.8 Å². The lowest BCUT2D eigenvalue weighted by molar-refractivity contribution is 0.408. The van der Waals surface area contributed by atoms with Crippen LogP contribution in [-0.4, -0.2) is 37.7 Å². The van der Waals surface area contributed by atoms with Crippen LogP contribution in [0.15, 0.2) is 0 Å². The zero-order valence-electron chi connectivity index (χ0n) is 8.15. The maximum Gasteiger partial charge on any atom is 0.0241 e. The summed E-state index contributed by atoms with van der Waals surface area (Å²) in [5, 5.41) is 3.46. The van der Waals surface area contributed by atoms with Crippen molar-refractivity contribution in [3.8, 4) is 0 Å². The third kappa shape index (κ3) is 4.73. The predicted molar refractivity (Wildman–Crippen MR) is 54.6 cm³/mol. The van der Waals surface area contributed by atoms with Crippen molar-refractivity contribution in [1.82, 2.24) is 9.99 Å². The van der Waals surface area contributed by atoms with Crippen LogP contribution >= 0.6 is 8.73 Å². The van der Waals surface area contributed by atoms with E-state index >= 15 is 0 Å². The Hall–Kier alpha value is 0.350. The third-order valence-corrected chi connectivity index (χ3v) is 2.44. The van der Waals surface area contributed by atoms with Gasteiger partial charge in [0.05, 0.1) is 0 Å². The topological polar surface area (TPSA) is 15.3 Å². The van der Waals surface area contributed by atoms with Gasteiger partial charge in [-0.25, -0.2) is 0 Å². The summed E-state index contributed by atoms with van der Waals surface area (Å²) in [7, 11) is 3.09. The molecule has 3 heteroatoms. The van der Waals surface area contributed by atoms with Gasteiger partial charge < -0.3 is 4.90 Å². The second kappa shape index (κ2) is 7.02. The van der Waals surface area contributed by atoms with Crippen LogP contribution in [0.4, 0.5) is 0 Å². The summed E-state index contributed by atoms with van der Waals surface area (Å²) < 4.78 is 0. The fraction of sp³-hybridized carbons (Fsp3) is 1.00. The smallest absolute Gasteiger partial charge is 0.0241 e. The van der Waals surface area contributed by atoms with Crippen molar-refractivity contribution < 1.29 is 0 Å². The molecule has 0 aromatic heterocycles. The summed E-state index contributed by atoms with van der Waals surface area (Å²) in [6.07, 6.45) is 1.33. The number of hydrogen-bond donors (Lipinski definition) is 1. The Morgan fingerprint density at radius 2 is 2.09 bits per heavy atom. The Bertz CT molecular complexity index is 86.2. The molecule has 0 bridgehead atoms. The predicted octanol–water partition coefficient (Wildman–Crippen LogP) is 1.53. The summed E-state index contributed by atoms with van der Waals surface area (Å²) in [4.78, 5) is 2.37. The van der Waals surface area contributed by atoms with E-state index in [4.69, 9.17) is 0 Å². The van der Waals surface area contributed by atoms with Gasteiger partial charge in [-0.15, -0.1) is 0 Å². The molecule has 2 nitrogen and oxygen atoms in total. The molecule has 2 unspecified atom stereocenters. The average Bonchev–Trinajstić information content (AvgIpc) is 2.41. The van der Waals surface area contributed by atoms with Crippen LogP contribution in [-0.2, 0) is 0 Å². The van der Waals surface area contributed by atoms with Crippen LogP contribution in [0.1, 0.15) is 20.3 Å². The minimum atomic E-state index is 0.776. The third-order valence-electron chi connectivity index (χ3n) is 1.74. The molecule has 1 saturated heterocycles. The largest absolute Gasteiger partial charge is 0.305 e. The van der Waals surface area contributed by atoms with E-state index in [1.165, 1.54) is 19.5 Å². The second-order valence-electron chi connectivity index (χ2n) is 2.64. The highest BCUT2D eigenvalue weighted by molar-refractivity contribution is 7.34. The molecule has 1 aliphatic heterocycles. The molecule has 0 radical (unpaired) electrons. The Kier molecular flexibility index (Phi) is 7.25. The SMILES string of the molecule is CC.CPNC1CCN(C)C1. The van der Waals surface area contributed by atoms with Gasteiger partial charge in [0.15, 0.2) is 0 Å². The van der Waals surface area contributed by atoms with Crippen molar-refractivity contribution in [3.05, 3.63) is 0 Å². The van der Waals surface area contributed by atoms with Gasteiger partial charge in [0, 0.05) is 12.6 Å². The fourth-order valence-electron chi connectivity index (χ4n) is 1.26. The number of nitrogens with one attached hydrogen (secondary N) is 1. The van der Waals surface area contributed by atoms with Crippen LogP contribution in [0.5, 0.6) is 0 Å². The van der Waals surface area contributed by atoms with Crippen LogP contribution in [0.2, 0.25) is 0 Å². The number of nitrogens with zero attached hydrogens (tertiary/aromatic N) is 1. The molecule has 1 fully saturated rings. The summed E-state index contributed by atoms with van der Waals surface area (Å²) >= 11 is 0. The van der Waals surface area contributed by atoms with Gasteiger partial charge in [-0.1, -0.05) is 22.6 Å². The van der Waals surface area contributed by atoms with E-state index in [-0.39, 0.29) is 0 Å².